The minimum atomic E-state index is -0.0546. The molecule has 0 radical (unpaired) electrons. The zero-order valence-electron chi connectivity index (χ0n) is 13.9. The minimum absolute atomic E-state index is 0.0546. The molecular formula is C18H19N3O3S. The predicted molar refractivity (Wildman–Crippen MR) is 94.5 cm³/mol. The Bertz CT molecular complexity index is 814. The van der Waals surface area contributed by atoms with Gasteiger partial charge in [-0.15, -0.1) is 11.3 Å². The highest BCUT2D eigenvalue weighted by molar-refractivity contribution is 7.09. The molecule has 0 bridgehead atoms. The van der Waals surface area contributed by atoms with Gasteiger partial charge < -0.3 is 14.6 Å². The molecule has 6 nitrogen and oxygen atoms in total. The highest BCUT2D eigenvalue weighted by Crippen LogP contribution is 2.15. The van der Waals surface area contributed by atoms with Crippen LogP contribution in [0.15, 0.2) is 46.3 Å². The van der Waals surface area contributed by atoms with Gasteiger partial charge in [-0.3, -0.25) is 4.79 Å². The van der Waals surface area contributed by atoms with Crippen molar-refractivity contribution in [3.63, 3.8) is 0 Å². The zero-order valence-corrected chi connectivity index (χ0v) is 14.7. The number of nitrogens with one attached hydrogen (secondary N) is 1. The largest absolute Gasteiger partial charge is 0.486 e. The second kappa shape index (κ2) is 8.43. The van der Waals surface area contributed by atoms with Gasteiger partial charge in [-0.05, 0) is 19.1 Å². The minimum Gasteiger partial charge on any atom is -0.486 e. The van der Waals surface area contributed by atoms with Gasteiger partial charge in [0, 0.05) is 24.4 Å². The molecule has 7 heteroatoms. The average Bonchev–Trinajstić information content (AvgIpc) is 3.23. The Morgan fingerprint density at radius 1 is 1.28 bits per heavy atom. The topological polar surface area (TPSA) is 77.2 Å². The van der Waals surface area contributed by atoms with Crippen molar-refractivity contribution in [3.05, 3.63) is 63.9 Å². The van der Waals surface area contributed by atoms with E-state index >= 15 is 0 Å². The van der Waals surface area contributed by atoms with E-state index in [-0.39, 0.29) is 12.3 Å². The summed E-state index contributed by atoms with van der Waals surface area (Å²) in [5.41, 5.74) is 1.60. The lowest BCUT2D eigenvalue weighted by Crippen LogP contribution is -2.27. The maximum atomic E-state index is 12.0. The monoisotopic (exact) mass is 357 g/mol. The van der Waals surface area contributed by atoms with E-state index in [0.29, 0.717) is 19.6 Å². The third kappa shape index (κ3) is 5.42. The van der Waals surface area contributed by atoms with Crippen molar-refractivity contribution in [1.82, 2.24) is 15.5 Å². The summed E-state index contributed by atoms with van der Waals surface area (Å²) in [6.45, 7) is 2.77. The molecular weight excluding hydrogens is 338 g/mol. The second-order valence-corrected chi connectivity index (χ2v) is 6.48. The van der Waals surface area contributed by atoms with Crippen molar-refractivity contribution in [3.8, 4) is 5.75 Å². The first kappa shape index (κ1) is 17.2. The van der Waals surface area contributed by atoms with Crippen LogP contribution in [-0.2, 0) is 24.2 Å². The van der Waals surface area contributed by atoms with Gasteiger partial charge in [-0.1, -0.05) is 23.4 Å². The maximum Gasteiger partial charge on any atom is 0.226 e. The second-order valence-electron chi connectivity index (χ2n) is 5.54. The predicted octanol–water partition coefficient (Wildman–Crippen LogP) is 2.92. The highest BCUT2D eigenvalue weighted by Gasteiger charge is 2.09. The summed E-state index contributed by atoms with van der Waals surface area (Å²) < 4.78 is 10.6. The molecule has 0 spiro atoms. The smallest absolute Gasteiger partial charge is 0.226 e. The molecule has 0 fully saturated rings. The lowest BCUT2D eigenvalue weighted by molar-refractivity contribution is -0.120. The first-order chi connectivity index (χ1) is 12.2. The Balaban J connectivity index is 1.40. The number of ether oxygens (including phenoxy) is 1. The lowest BCUT2D eigenvalue weighted by atomic mass is 10.2. The molecule has 1 N–H and O–H groups in total. The lowest BCUT2D eigenvalue weighted by Gasteiger charge is -2.03. The van der Waals surface area contributed by atoms with Crippen molar-refractivity contribution in [1.29, 1.82) is 0 Å². The van der Waals surface area contributed by atoms with E-state index < -0.39 is 0 Å². The molecule has 3 rings (SSSR count). The van der Waals surface area contributed by atoms with E-state index in [1.807, 2.05) is 48.7 Å². The first-order valence-corrected chi connectivity index (χ1v) is 8.87. The molecule has 3 aromatic rings. The fourth-order valence-corrected chi connectivity index (χ4v) is 2.96. The molecule has 0 aliphatic carbocycles. The highest BCUT2D eigenvalue weighted by atomic mass is 32.1. The Hall–Kier alpha value is -2.67. The summed E-state index contributed by atoms with van der Waals surface area (Å²) in [5, 5.41) is 9.51. The van der Waals surface area contributed by atoms with E-state index in [1.54, 1.807) is 0 Å². The maximum absolute atomic E-state index is 12.0. The van der Waals surface area contributed by atoms with Crippen LogP contribution in [0.25, 0.3) is 0 Å². The van der Waals surface area contributed by atoms with Gasteiger partial charge in [0.15, 0.2) is 0 Å². The summed E-state index contributed by atoms with van der Waals surface area (Å²) >= 11 is 1.50. The van der Waals surface area contributed by atoms with Crippen LogP contribution in [-0.4, -0.2) is 22.6 Å². The van der Waals surface area contributed by atoms with Crippen molar-refractivity contribution < 1.29 is 14.1 Å². The van der Waals surface area contributed by atoms with Crippen LogP contribution in [0.4, 0.5) is 0 Å². The van der Waals surface area contributed by atoms with Gasteiger partial charge in [0.25, 0.3) is 0 Å². The number of hydrogen-bond acceptors (Lipinski definition) is 6. The molecule has 25 heavy (non-hydrogen) atoms. The number of carbonyl (C=O) groups excluding carboxylic acids is 1. The van der Waals surface area contributed by atoms with Crippen LogP contribution in [0.3, 0.4) is 0 Å². The van der Waals surface area contributed by atoms with Gasteiger partial charge in [0.05, 0.1) is 17.8 Å². The van der Waals surface area contributed by atoms with Gasteiger partial charge in [0.2, 0.25) is 5.91 Å². The summed E-state index contributed by atoms with van der Waals surface area (Å²) in [6, 6.07) is 11.5. The molecule has 0 aliphatic rings. The molecule has 0 saturated carbocycles. The number of aromatic nitrogens is 2. The number of nitrogens with zero attached hydrogens (tertiary/aromatic N) is 2. The number of thiazole rings is 1. The zero-order chi connectivity index (χ0) is 17.5. The van der Waals surface area contributed by atoms with E-state index in [2.05, 4.69) is 15.5 Å². The molecule has 1 amide bonds. The molecule has 2 aromatic heterocycles. The molecule has 0 saturated heterocycles. The number of para-hydroxylation sites is 1. The Morgan fingerprint density at radius 3 is 2.88 bits per heavy atom. The van der Waals surface area contributed by atoms with Crippen molar-refractivity contribution in [2.75, 3.05) is 6.54 Å². The van der Waals surface area contributed by atoms with Gasteiger partial charge in [-0.25, -0.2) is 4.98 Å². The van der Waals surface area contributed by atoms with Crippen molar-refractivity contribution in [2.45, 2.75) is 26.4 Å². The van der Waals surface area contributed by atoms with Crippen LogP contribution >= 0.6 is 11.3 Å². The van der Waals surface area contributed by atoms with E-state index in [4.69, 9.17) is 9.26 Å². The molecule has 130 valence electrons. The Kier molecular flexibility index (Phi) is 5.79. The van der Waals surface area contributed by atoms with Crippen LogP contribution in [0.5, 0.6) is 5.75 Å². The standard InChI is InChI=1S/C18H19N3O3S/c1-13-9-14(21-24-13)7-8-19-17(22)10-15-12-25-18(20-15)11-23-16-5-3-2-4-6-16/h2-6,9,12H,7-8,10-11H2,1H3,(H,19,22). The number of amides is 1. The fourth-order valence-electron chi connectivity index (χ4n) is 2.25. The number of hydrogen-bond donors (Lipinski definition) is 1. The van der Waals surface area contributed by atoms with Crippen LogP contribution in [0, 0.1) is 6.92 Å². The third-order valence-electron chi connectivity index (χ3n) is 3.43. The van der Waals surface area contributed by atoms with E-state index in [9.17, 15) is 4.79 Å². The molecule has 1 aromatic carbocycles. The first-order valence-electron chi connectivity index (χ1n) is 7.99. The molecule has 2 heterocycles. The summed E-state index contributed by atoms with van der Waals surface area (Å²) in [7, 11) is 0. The number of carbonyl (C=O) groups is 1. The van der Waals surface area contributed by atoms with Crippen LogP contribution in [0.2, 0.25) is 0 Å². The van der Waals surface area contributed by atoms with Crippen LogP contribution < -0.4 is 10.1 Å². The van der Waals surface area contributed by atoms with E-state index in [0.717, 1.165) is 27.9 Å². The van der Waals surface area contributed by atoms with Gasteiger partial charge in [-0.2, -0.15) is 0 Å². The summed E-state index contributed by atoms with van der Waals surface area (Å²) in [5.74, 6) is 1.52. The summed E-state index contributed by atoms with van der Waals surface area (Å²) in [6.07, 6.45) is 0.913. The Labute approximate surface area is 149 Å². The fraction of sp³-hybridized carbons (Fsp3) is 0.278. The molecule has 0 atom stereocenters. The number of rotatable bonds is 8. The number of aryl methyl sites for hydroxylation is 1. The SMILES string of the molecule is Cc1cc(CCNC(=O)Cc2csc(COc3ccccc3)n2)no1. The molecule has 0 aliphatic heterocycles. The quantitative estimate of drug-likeness (QED) is 0.671. The number of benzene rings is 1. The van der Waals surface area contributed by atoms with Gasteiger partial charge >= 0.3 is 0 Å². The van der Waals surface area contributed by atoms with E-state index in [1.165, 1.54) is 11.3 Å². The van der Waals surface area contributed by atoms with Crippen molar-refractivity contribution >= 4 is 17.2 Å². The van der Waals surface area contributed by atoms with Crippen molar-refractivity contribution in [2.24, 2.45) is 0 Å². The molecule has 0 unspecified atom stereocenters. The summed E-state index contributed by atoms with van der Waals surface area (Å²) in [4.78, 5) is 16.4. The average molecular weight is 357 g/mol. The normalized spacial score (nSPS) is 10.6. The third-order valence-corrected chi connectivity index (χ3v) is 4.30. The Morgan fingerprint density at radius 2 is 2.12 bits per heavy atom. The van der Waals surface area contributed by atoms with Crippen LogP contribution in [0.1, 0.15) is 22.2 Å². The van der Waals surface area contributed by atoms with Gasteiger partial charge in [0.1, 0.15) is 23.1 Å².